The van der Waals surface area contributed by atoms with Crippen molar-refractivity contribution < 1.29 is 9.37 Å². The third-order valence-corrected chi connectivity index (χ3v) is 3.93. The number of ether oxygens (including phenoxy) is 1. The molecule has 1 aromatic carbocycles. The Morgan fingerprint density at radius 1 is 1.40 bits per heavy atom. The van der Waals surface area contributed by atoms with Crippen LogP contribution >= 0.6 is 15.9 Å². The topological polar surface area (TPSA) is 60.2 Å². The molecule has 1 aromatic heterocycles. The minimum atomic E-state index is 0.356. The lowest BCUT2D eigenvalue weighted by molar-refractivity contribution is 0.267. The van der Waals surface area contributed by atoms with Crippen LogP contribution in [-0.2, 0) is 13.2 Å². The predicted molar refractivity (Wildman–Crippen MR) is 77.4 cm³/mol. The van der Waals surface area contributed by atoms with Crippen LogP contribution in [0.5, 0.6) is 5.75 Å². The molecule has 0 atom stereocenters. The maximum atomic E-state index is 5.90. The van der Waals surface area contributed by atoms with Gasteiger partial charge in [-0.05, 0) is 41.8 Å². The Morgan fingerprint density at radius 3 is 2.95 bits per heavy atom. The molecule has 1 aliphatic carbocycles. The summed E-state index contributed by atoms with van der Waals surface area (Å²) >= 11 is 3.54. The summed E-state index contributed by atoms with van der Waals surface area (Å²) in [7, 11) is 0. The fourth-order valence-corrected chi connectivity index (χ4v) is 2.44. The van der Waals surface area contributed by atoms with Crippen molar-refractivity contribution >= 4 is 15.9 Å². The molecular weight excluding hydrogens is 322 g/mol. The third kappa shape index (κ3) is 3.19. The van der Waals surface area contributed by atoms with Crippen molar-refractivity contribution in [1.29, 1.82) is 0 Å². The van der Waals surface area contributed by atoms with E-state index in [1.54, 1.807) is 0 Å². The van der Waals surface area contributed by atoms with Crippen LogP contribution in [0, 0.1) is 6.92 Å². The van der Waals surface area contributed by atoms with Crippen LogP contribution in [0.25, 0.3) is 0 Å². The largest absolute Gasteiger partial charge is 0.486 e. The molecule has 0 radical (unpaired) electrons. The second-order valence-corrected chi connectivity index (χ2v) is 5.82. The van der Waals surface area contributed by atoms with Crippen LogP contribution in [0.3, 0.4) is 0 Å². The fourth-order valence-electron chi connectivity index (χ4n) is 1.92. The number of halogens is 1. The van der Waals surface area contributed by atoms with Gasteiger partial charge in [0, 0.05) is 18.2 Å². The molecule has 106 valence electrons. The van der Waals surface area contributed by atoms with E-state index in [9.17, 15) is 0 Å². The van der Waals surface area contributed by atoms with Crippen molar-refractivity contribution in [3.8, 4) is 5.75 Å². The van der Waals surface area contributed by atoms with Crippen molar-refractivity contribution in [3.05, 3.63) is 39.6 Å². The van der Waals surface area contributed by atoms with Crippen LogP contribution < -0.4 is 10.1 Å². The number of benzene rings is 1. The van der Waals surface area contributed by atoms with Gasteiger partial charge in [0.2, 0.25) is 0 Å². The molecule has 0 aliphatic heterocycles. The molecule has 1 N–H and O–H groups in total. The number of nitrogens with one attached hydrogen (secondary N) is 1. The molecule has 0 unspecified atom stereocenters. The highest BCUT2D eigenvalue weighted by Gasteiger charge is 2.21. The monoisotopic (exact) mass is 337 g/mol. The quantitative estimate of drug-likeness (QED) is 0.877. The predicted octanol–water partition coefficient (Wildman–Crippen LogP) is 2.97. The molecular formula is C14H16BrN3O2. The first-order valence-corrected chi connectivity index (χ1v) is 7.45. The van der Waals surface area contributed by atoms with E-state index in [4.69, 9.17) is 4.74 Å². The minimum absolute atomic E-state index is 0.356. The summed E-state index contributed by atoms with van der Waals surface area (Å²) in [4.78, 5) is 0. The molecule has 0 bridgehead atoms. The van der Waals surface area contributed by atoms with Crippen molar-refractivity contribution in [2.24, 2.45) is 0 Å². The Hall–Kier alpha value is -1.40. The highest BCUT2D eigenvalue weighted by atomic mass is 79.9. The minimum Gasteiger partial charge on any atom is -0.486 e. The lowest BCUT2D eigenvalue weighted by atomic mass is 10.2. The van der Waals surface area contributed by atoms with Crippen molar-refractivity contribution in [1.82, 2.24) is 15.6 Å². The maximum Gasteiger partial charge on any atom is 0.145 e. The number of aryl methyl sites for hydroxylation is 1. The molecule has 0 saturated heterocycles. The smallest absolute Gasteiger partial charge is 0.145 e. The Morgan fingerprint density at radius 2 is 2.25 bits per heavy atom. The summed E-state index contributed by atoms with van der Waals surface area (Å²) in [6.07, 6.45) is 2.54. The van der Waals surface area contributed by atoms with Gasteiger partial charge in [0.25, 0.3) is 0 Å². The zero-order valence-electron chi connectivity index (χ0n) is 11.2. The Bertz CT molecular complexity index is 596. The van der Waals surface area contributed by atoms with E-state index < -0.39 is 0 Å². The molecule has 3 rings (SSSR count). The molecule has 0 spiro atoms. The lowest BCUT2D eigenvalue weighted by Gasteiger charge is -2.13. The molecule has 20 heavy (non-hydrogen) atoms. The van der Waals surface area contributed by atoms with Crippen LogP contribution in [-0.4, -0.2) is 16.4 Å². The van der Waals surface area contributed by atoms with Gasteiger partial charge >= 0.3 is 0 Å². The molecule has 0 amide bonds. The normalized spacial score (nSPS) is 14.5. The molecule has 1 aliphatic rings. The van der Waals surface area contributed by atoms with Crippen LogP contribution in [0.1, 0.15) is 29.8 Å². The van der Waals surface area contributed by atoms with Crippen molar-refractivity contribution in [2.75, 3.05) is 0 Å². The summed E-state index contributed by atoms with van der Waals surface area (Å²) in [6.45, 7) is 3.02. The van der Waals surface area contributed by atoms with E-state index in [1.165, 1.54) is 12.8 Å². The first kappa shape index (κ1) is 13.6. The SMILES string of the molecule is Cc1nonc1COc1c(Br)cccc1CNC1CC1. The van der Waals surface area contributed by atoms with Gasteiger partial charge in [-0.1, -0.05) is 22.4 Å². The van der Waals surface area contributed by atoms with Crippen molar-refractivity contribution in [3.63, 3.8) is 0 Å². The van der Waals surface area contributed by atoms with Gasteiger partial charge in [-0.2, -0.15) is 0 Å². The number of nitrogens with zero attached hydrogens (tertiary/aromatic N) is 2. The van der Waals surface area contributed by atoms with E-state index in [0.29, 0.717) is 12.6 Å². The summed E-state index contributed by atoms with van der Waals surface area (Å²) in [5.74, 6) is 0.850. The number of para-hydroxylation sites is 1. The zero-order valence-corrected chi connectivity index (χ0v) is 12.8. The number of hydrogen-bond acceptors (Lipinski definition) is 5. The van der Waals surface area contributed by atoms with Crippen LogP contribution in [0.4, 0.5) is 0 Å². The van der Waals surface area contributed by atoms with Crippen LogP contribution in [0.2, 0.25) is 0 Å². The van der Waals surface area contributed by atoms with Gasteiger partial charge in [-0.15, -0.1) is 0 Å². The van der Waals surface area contributed by atoms with Gasteiger partial charge < -0.3 is 10.1 Å². The summed E-state index contributed by atoms with van der Waals surface area (Å²) < 4.78 is 11.5. The maximum absolute atomic E-state index is 5.90. The number of aromatic nitrogens is 2. The third-order valence-electron chi connectivity index (χ3n) is 3.31. The van der Waals surface area contributed by atoms with E-state index in [1.807, 2.05) is 19.1 Å². The number of hydrogen-bond donors (Lipinski definition) is 1. The van der Waals surface area contributed by atoms with Gasteiger partial charge in [0.1, 0.15) is 23.7 Å². The number of rotatable bonds is 6. The molecule has 1 fully saturated rings. The highest BCUT2D eigenvalue weighted by Crippen LogP contribution is 2.30. The molecule has 6 heteroatoms. The van der Waals surface area contributed by atoms with Gasteiger partial charge in [0.15, 0.2) is 0 Å². The van der Waals surface area contributed by atoms with E-state index in [2.05, 4.69) is 42.3 Å². The summed E-state index contributed by atoms with van der Waals surface area (Å²) in [6, 6.07) is 6.74. The van der Waals surface area contributed by atoms with E-state index in [-0.39, 0.29) is 0 Å². The Kier molecular flexibility index (Phi) is 4.03. The summed E-state index contributed by atoms with van der Waals surface area (Å²) in [5, 5.41) is 11.1. The van der Waals surface area contributed by atoms with Gasteiger partial charge in [-0.25, -0.2) is 4.63 Å². The molecule has 5 nitrogen and oxygen atoms in total. The van der Waals surface area contributed by atoms with Crippen LogP contribution in [0.15, 0.2) is 27.3 Å². The van der Waals surface area contributed by atoms with Crippen molar-refractivity contribution in [2.45, 2.75) is 39.0 Å². The molecule has 1 saturated carbocycles. The second kappa shape index (κ2) is 5.93. The Balaban J connectivity index is 1.71. The first-order valence-electron chi connectivity index (χ1n) is 6.65. The van der Waals surface area contributed by atoms with E-state index in [0.717, 1.165) is 33.7 Å². The second-order valence-electron chi connectivity index (χ2n) is 4.97. The van der Waals surface area contributed by atoms with Gasteiger partial charge in [0.05, 0.1) is 4.47 Å². The van der Waals surface area contributed by atoms with Gasteiger partial charge in [-0.3, -0.25) is 0 Å². The standard InChI is InChI=1S/C14H16BrN3O2/c1-9-13(18-20-17-9)8-19-14-10(3-2-4-12(14)15)7-16-11-5-6-11/h2-4,11,16H,5-8H2,1H3. The summed E-state index contributed by atoms with van der Waals surface area (Å²) in [5.41, 5.74) is 2.62. The zero-order chi connectivity index (χ0) is 13.9. The average molecular weight is 338 g/mol. The molecule has 2 aromatic rings. The lowest BCUT2D eigenvalue weighted by Crippen LogP contribution is -2.16. The van der Waals surface area contributed by atoms with E-state index >= 15 is 0 Å². The average Bonchev–Trinajstić information content (AvgIpc) is 3.18. The highest BCUT2D eigenvalue weighted by molar-refractivity contribution is 9.10. The Labute approximate surface area is 125 Å². The first-order chi connectivity index (χ1) is 9.74. The molecule has 1 heterocycles. The fraction of sp³-hybridized carbons (Fsp3) is 0.429.